The minimum absolute atomic E-state index is 0.113. The molecular weight excluding hydrogens is 1400 g/mol. The molecule has 0 radical (unpaired) electrons. The number of carbonyl (C=O) groups is 8. The highest BCUT2D eigenvalue weighted by Gasteiger charge is 2.52. The number of ether oxygens (including phenoxy) is 6. The van der Waals surface area contributed by atoms with Crippen molar-refractivity contribution >= 4 is 70.5 Å². The van der Waals surface area contributed by atoms with Gasteiger partial charge >= 0.3 is 5.97 Å². The summed E-state index contributed by atoms with van der Waals surface area (Å²) in [6, 6.07) is -1.36. The van der Waals surface area contributed by atoms with Crippen molar-refractivity contribution in [3.63, 3.8) is 0 Å². The van der Waals surface area contributed by atoms with E-state index in [1.54, 1.807) is 13.8 Å². The molecule has 11 bridgehead atoms. The lowest BCUT2D eigenvalue weighted by molar-refractivity contribution is -0.352. The molecule has 7 aliphatic rings. The highest BCUT2D eigenvalue weighted by atomic mass is 35.5. The fraction of sp³-hybridized carbons (Fsp3) is 0.415. The average Bonchev–Trinajstić information content (AvgIpc) is 0.769. The van der Waals surface area contributed by atoms with Crippen LogP contribution in [0.5, 0.6) is 46.0 Å². The Kier molecular flexibility index (Phi) is 23.0. The highest BCUT2D eigenvalue weighted by molar-refractivity contribution is 6.32. The zero-order chi connectivity index (χ0) is 74.2. The van der Waals surface area contributed by atoms with E-state index in [9.17, 15) is 90.4 Å². The number of phenols is 3. The van der Waals surface area contributed by atoms with Gasteiger partial charge in [0.2, 0.25) is 53.4 Å². The molecule has 2 fully saturated rings. The van der Waals surface area contributed by atoms with Crippen molar-refractivity contribution in [3.8, 4) is 57.1 Å². The third-order valence-corrected chi connectivity index (χ3v) is 18.1. The number of likely N-dealkylation sites (N-methyl/N-ethyl adjacent to an activating group) is 1. The second-order valence-electron chi connectivity index (χ2n) is 25.0. The van der Waals surface area contributed by atoms with Crippen molar-refractivity contribution < 1.29 is 133 Å². The SMILES string of the molecule is CN[C@H](CC(C)C)C(=O)N[C@H]1C(=O)N[C@@H](CC(N)=O)C(=O)N[C@H]2C(=O)N[C@H]3C(=O)N[C@H](C(=O)N[C@@H](C(=O)O)c4cc(O)cc(O)c4-c4cc3ccc4O)[C@H](O)c3ccc(c(Cl)c3)Oc3cc2cc(c3O[C@@H]2O[C@H](CO)[C@@H](O[C@@H]3O[C@H](CO)[C@H](O)[C@H](O)[C@H]3O)[C@H](O)[C@H]2O)Oc2ccc(cc2Cl)[C@H]1O. The van der Waals surface area contributed by atoms with E-state index >= 15 is 14.4 Å². The second kappa shape index (κ2) is 31.1. The van der Waals surface area contributed by atoms with Gasteiger partial charge in [0.15, 0.2) is 23.8 Å². The molecule has 548 valence electrons. The first-order chi connectivity index (χ1) is 48.3. The molecule has 0 unspecified atom stereocenters. The van der Waals surface area contributed by atoms with Gasteiger partial charge in [0.1, 0.15) is 120 Å². The number of carboxylic acids is 1. The molecule has 5 aromatic carbocycles. The van der Waals surface area contributed by atoms with Crippen molar-refractivity contribution in [1.29, 1.82) is 0 Å². The van der Waals surface area contributed by atoms with Crippen LogP contribution < -0.4 is 57.2 Å². The Morgan fingerprint density at radius 3 is 1.77 bits per heavy atom. The van der Waals surface area contributed by atoms with Gasteiger partial charge in [-0.25, -0.2) is 4.79 Å². The van der Waals surface area contributed by atoms with Gasteiger partial charge in [0.05, 0.1) is 35.7 Å². The topological polar surface area (TPSA) is 565 Å². The van der Waals surface area contributed by atoms with E-state index in [0.29, 0.717) is 0 Å². The third kappa shape index (κ3) is 15.7. The summed E-state index contributed by atoms with van der Waals surface area (Å²) in [5.74, 6) is -16.6. The van der Waals surface area contributed by atoms with Gasteiger partial charge in [-0.2, -0.15) is 0 Å². The number of benzene rings is 5. The van der Waals surface area contributed by atoms with E-state index in [-0.39, 0.29) is 29.0 Å². The molecule has 7 heterocycles. The van der Waals surface area contributed by atoms with Crippen molar-refractivity contribution in [2.45, 2.75) is 143 Å². The van der Waals surface area contributed by atoms with E-state index in [2.05, 4.69) is 37.2 Å². The number of nitrogens with two attached hydrogens (primary N) is 1. The molecule has 19 atom stereocenters. The number of rotatable bonds is 14. The molecule has 22 N–H and O–H groups in total. The number of aliphatic carboxylic acids is 1. The number of nitrogens with one attached hydrogen (secondary N) is 7. The number of aliphatic hydroxyl groups excluding tert-OH is 9. The zero-order valence-electron chi connectivity index (χ0n) is 53.7. The predicted octanol–water partition coefficient (Wildman–Crippen LogP) is -2.31. The number of aliphatic hydroxyl groups is 9. The van der Waals surface area contributed by atoms with Crippen LogP contribution in [0.4, 0.5) is 0 Å². The number of halogens is 2. The molecule has 0 spiro atoms. The fourth-order valence-electron chi connectivity index (χ4n) is 12.2. The largest absolute Gasteiger partial charge is 0.508 e. The lowest BCUT2D eigenvalue weighted by Crippen LogP contribution is -2.65. The maximum atomic E-state index is 15.9. The lowest BCUT2D eigenvalue weighted by atomic mass is 9.89. The molecule has 12 rings (SSSR count). The van der Waals surface area contributed by atoms with E-state index < -0.39 is 261 Å². The first-order valence-corrected chi connectivity index (χ1v) is 32.2. The number of primary amides is 1. The van der Waals surface area contributed by atoms with Crippen LogP contribution in [0.1, 0.15) is 84.8 Å². The third-order valence-electron chi connectivity index (χ3n) is 17.5. The van der Waals surface area contributed by atoms with E-state index in [0.717, 1.165) is 72.8 Å². The van der Waals surface area contributed by atoms with Crippen LogP contribution in [0, 0.1) is 5.92 Å². The standard InChI is InChI=1S/C65H72Cl2N8O27/c1-21(2)10-31(69-3)57(89)74-46-48(82)23-5-8-35(29(66)12-23)97-37-14-25-15-38(55(37)101-65-54(88)52(86)56(40(20-77)100-65)102-64-53(87)51(85)50(84)39(19-76)99-64)98-36-9-6-24(13-30(36)67)49(83)47-62(94)73-45(63(95)96)28-16-26(78)17-34(80)42(28)27-11-22(4-7-33(27)79)43(59(91)75-47)72-60(92)44(25)71-58(90)32(18-41(68)81)70-61(46)93/h4-9,11-17,21,31-32,39-40,43-54,56,64-65,69,76-80,82-88H,10,18-20H2,1-3H3,(H2,68,81)(H,70,93)(H,71,90)(H,72,92)(H,73,94)(H,74,89)(H,75,91)(H,95,96)/t31-,32+,39-,40-,43-,44-,45-,46-,47+,48-,49-,50+,51+,52-,53-,54-,56-,64+,65+/m1/s1. The molecule has 7 amide bonds. The number of amides is 7. The zero-order valence-corrected chi connectivity index (χ0v) is 55.3. The Morgan fingerprint density at radius 2 is 1.19 bits per heavy atom. The molecule has 2 saturated heterocycles. The first-order valence-electron chi connectivity index (χ1n) is 31.4. The maximum Gasteiger partial charge on any atom is 0.330 e. The van der Waals surface area contributed by atoms with Crippen LogP contribution in [0.15, 0.2) is 78.9 Å². The molecule has 5 aromatic rings. The van der Waals surface area contributed by atoms with Crippen LogP contribution in [0.3, 0.4) is 0 Å². The Balaban J connectivity index is 1.20. The normalized spacial score (nSPS) is 29.3. The monoisotopic (exact) mass is 1470 g/mol. The number of hydrogen-bond donors (Lipinski definition) is 21. The fourth-order valence-corrected chi connectivity index (χ4v) is 12.7. The quantitative estimate of drug-likeness (QED) is 0.0555. The summed E-state index contributed by atoms with van der Waals surface area (Å²) in [4.78, 5) is 116. The minimum atomic E-state index is -2.38. The Hall–Kier alpha value is -9.28. The molecule has 0 saturated carbocycles. The molecule has 35 nitrogen and oxygen atoms in total. The molecule has 102 heavy (non-hydrogen) atoms. The van der Waals surface area contributed by atoms with E-state index in [4.69, 9.17) is 57.4 Å². The van der Waals surface area contributed by atoms with Crippen LogP contribution in [0.2, 0.25) is 10.0 Å². The van der Waals surface area contributed by atoms with Gasteiger partial charge in [-0.05, 0) is 96.2 Å². The number of aromatic hydroxyl groups is 3. The first kappa shape index (κ1) is 75.4. The van der Waals surface area contributed by atoms with E-state index in [1.165, 1.54) is 13.1 Å². The Bertz CT molecular complexity index is 4080. The van der Waals surface area contributed by atoms with Gasteiger partial charge in [0, 0.05) is 22.8 Å². The maximum absolute atomic E-state index is 15.9. The Labute approximate surface area is 586 Å². The predicted molar refractivity (Wildman–Crippen MR) is 346 cm³/mol. The van der Waals surface area contributed by atoms with Crippen LogP contribution in [0.25, 0.3) is 11.1 Å². The van der Waals surface area contributed by atoms with Gasteiger partial charge in [0.25, 0.3) is 0 Å². The van der Waals surface area contributed by atoms with E-state index in [1.807, 2.05) is 0 Å². The van der Waals surface area contributed by atoms with Crippen molar-refractivity contribution in [1.82, 2.24) is 37.2 Å². The summed E-state index contributed by atoms with van der Waals surface area (Å²) in [6.07, 6.45) is -25.3. The number of phenolic OH excluding ortho intramolecular Hbond substituents is 3. The number of carboxylic acid groups (broad SMARTS) is 1. The minimum Gasteiger partial charge on any atom is -0.508 e. The van der Waals surface area contributed by atoms with Crippen LogP contribution >= 0.6 is 23.2 Å². The van der Waals surface area contributed by atoms with Crippen molar-refractivity contribution in [2.24, 2.45) is 11.7 Å². The summed E-state index contributed by atoms with van der Waals surface area (Å²) in [5, 5.41) is 162. The lowest BCUT2D eigenvalue weighted by Gasteiger charge is -2.45. The van der Waals surface area contributed by atoms with Crippen molar-refractivity contribution in [3.05, 3.63) is 117 Å². The van der Waals surface area contributed by atoms with Gasteiger partial charge in [-0.1, -0.05) is 55.2 Å². The molecule has 37 heteroatoms. The second-order valence-corrected chi connectivity index (χ2v) is 25.8. The summed E-state index contributed by atoms with van der Waals surface area (Å²) in [5.41, 5.74) is 2.66. The highest BCUT2D eigenvalue weighted by Crippen LogP contribution is 2.50. The van der Waals surface area contributed by atoms with Crippen LogP contribution in [-0.2, 0) is 52.6 Å². The van der Waals surface area contributed by atoms with Crippen LogP contribution in [-0.4, -0.2) is 220 Å². The summed E-state index contributed by atoms with van der Waals surface area (Å²) in [6.45, 7) is 1.59. The van der Waals surface area contributed by atoms with Gasteiger partial charge < -0.3 is 138 Å². The van der Waals surface area contributed by atoms with Gasteiger partial charge in [-0.3, -0.25) is 33.6 Å². The summed E-state index contributed by atoms with van der Waals surface area (Å²) >= 11 is 14.0. The molecular formula is C65H72Cl2N8O27. The number of hydrogen-bond acceptors (Lipinski definition) is 27. The molecule has 0 aromatic heterocycles. The van der Waals surface area contributed by atoms with Gasteiger partial charge in [-0.15, -0.1) is 0 Å². The smallest absolute Gasteiger partial charge is 0.330 e. The number of carbonyl (C=O) groups excluding carboxylic acids is 7. The molecule has 7 aliphatic heterocycles. The summed E-state index contributed by atoms with van der Waals surface area (Å²) in [7, 11) is 1.46. The molecule has 0 aliphatic carbocycles. The average molecular weight is 1470 g/mol. The Morgan fingerprint density at radius 1 is 0.608 bits per heavy atom. The van der Waals surface area contributed by atoms with Crippen molar-refractivity contribution in [2.75, 3.05) is 20.3 Å². The number of fused-ring (bicyclic) bond motifs is 15. The summed E-state index contributed by atoms with van der Waals surface area (Å²) < 4.78 is 36.6.